The summed E-state index contributed by atoms with van der Waals surface area (Å²) in [6.07, 6.45) is 4.59. The number of hydrogen-bond donors (Lipinski definition) is 2. The van der Waals surface area contributed by atoms with Gasteiger partial charge in [0.1, 0.15) is 0 Å². The Morgan fingerprint density at radius 1 is 1.19 bits per heavy atom. The number of hydrogen-bond acceptors (Lipinski definition) is 2. The molecule has 0 saturated carbocycles. The Morgan fingerprint density at radius 2 is 1.88 bits per heavy atom. The summed E-state index contributed by atoms with van der Waals surface area (Å²) in [6, 6.07) is 0.301. The second-order valence-electron chi connectivity index (χ2n) is 4.97. The molecule has 0 spiro atoms. The summed E-state index contributed by atoms with van der Waals surface area (Å²) in [4.78, 5) is 11.5. The molecule has 0 rings (SSSR count). The first-order valence-corrected chi connectivity index (χ1v) is 6.56. The summed E-state index contributed by atoms with van der Waals surface area (Å²) in [5.41, 5.74) is 0. The number of carbonyl (C=O) groups excluding carboxylic acids is 1. The molecule has 0 aromatic carbocycles. The fraction of sp³-hybridized carbons (Fsp3) is 0.923. The van der Waals surface area contributed by atoms with Gasteiger partial charge in [-0.1, -0.05) is 33.6 Å². The first-order chi connectivity index (χ1) is 7.56. The minimum atomic E-state index is 0.116. The van der Waals surface area contributed by atoms with Crippen molar-refractivity contribution in [1.29, 1.82) is 0 Å². The van der Waals surface area contributed by atoms with Crippen LogP contribution in [0.1, 0.15) is 53.4 Å². The summed E-state index contributed by atoms with van der Waals surface area (Å²) >= 11 is 0. The van der Waals surface area contributed by atoms with Crippen molar-refractivity contribution in [2.24, 2.45) is 5.92 Å². The number of nitrogens with one attached hydrogen (secondary N) is 2. The molecule has 0 aromatic rings. The summed E-state index contributed by atoms with van der Waals surface area (Å²) in [5.74, 6) is 0.875. The molecular formula is C13H28N2O. The van der Waals surface area contributed by atoms with Crippen LogP contribution in [0.15, 0.2) is 0 Å². The van der Waals surface area contributed by atoms with E-state index in [0.29, 0.717) is 12.6 Å². The molecule has 1 atom stereocenters. The predicted molar refractivity (Wildman–Crippen MR) is 69.5 cm³/mol. The van der Waals surface area contributed by atoms with Crippen LogP contribution in [0.3, 0.4) is 0 Å². The molecule has 2 N–H and O–H groups in total. The molecule has 0 saturated heterocycles. The molecule has 0 bridgehead atoms. The average Bonchev–Trinajstić information content (AvgIpc) is 2.17. The van der Waals surface area contributed by atoms with E-state index in [1.54, 1.807) is 0 Å². The molecule has 0 fully saturated rings. The van der Waals surface area contributed by atoms with Crippen LogP contribution in [0, 0.1) is 5.92 Å². The van der Waals surface area contributed by atoms with E-state index in [0.717, 1.165) is 25.3 Å². The molecule has 0 heterocycles. The van der Waals surface area contributed by atoms with Crippen molar-refractivity contribution in [3.8, 4) is 0 Å². The molecule has 0 aliphatic heterocycles. The van der Waals surface area contributed by atoms with Gasteiger partial charge in [-0.2, -0.15) is 0 Å². The molecule has 0 radical (unpaired) electrons. The van der Waals surface area contributed by atoms with Gasteiger partial charge in [0, 0.05) is 6.04 Å². The molecule has 0 aromatic heterocycles. The summed E-state index contributed by atoms with van der Waals surface area (Å²) in [7, 11) is 0. The van der Waals surface area contributed by atoms with Crippen molar-refractivity contribution in [2.45, 2.75) is 59.4 Å². The predicted octanol–water partition coefficient (Wildman–Crippen LogP) is 2.32. The maximum Gasteiger partial charge on any atom is 0.234 e. The number of rotatable bonds is 9. The Hall–Kier alpha value is -0.570. The van der Waals surface area contributed by atoms with Crippen molar-refractivity contribution < 1.29 is 4.79 Å². The van der Waals surface area contributed by atoms with Crippen LogP contribution in [-0.4, -0.2) is 25.0 Å². The quantitative estimate of drug-likeness (QED) is 0.595. The van der Waals surface area contributed by atoms with Gasteiger partial charge < -0.3 is 10.6 Å². The van der Waals surface area contributed by atoms with Gasteiger partial charge in [0.15, 0.2) is 0 Å². The molecule has 1 unspecified atom stereocenters. The fourth-order valence-corrected chi connectivity index (χ4v) is 1.61. The topological polar surface area (TPSA) is 41.1 Å². The van der Waals surface area contributed by atoms with Crippen LogP contribution in [0.2, 0.25) is 0 Å². The third-order valence-electron chi connectivity index (χ3n) is 2.54. The zero-order valence-electron chi connectivity index (χ0n) is 11.3. The summed E-state index contributed by atoms with van der Waals surface area (Å²) in [6.45, 7) is 10.0. The van der Waals surface area contributed by atoms with Crippen molar-refractivity contribution in [3.63, 3.8) is 0 Å². The Bertz CT molecular complexity index is 181. The highest BCUT2D eigenvalue weighted by Crippen LogP contribution is 2.07. The van der Waals surface area contributed by atoms with Crippen LogP contribution < -0.4 is 10.6 Å². The number of amides is 1. The molecule has 3 nitrogen and oxygen atoms in total. The van der Waals surface area contributed by atoms with Gasteiger partial charge in [-0.25, -0.2) is 0 Å². The summed E-state index contributed by atoms with van der Waals surface area (Å²) < 4.78 is 0. The van der Waals surface area contributed by atoms with Crippen LogP contribution in [0.25, 0.3) is 0 Å². The zero-order chi connectivity index (χ0) is 12.4. The maximum atomic E-state index is 11.5. The first kappa shape index (κ1) is 15.4. The van der Waals surface area contributed by atoms with Crippen molar-refractivity contribution in [1.82, 2.24) is 10.6 Å². The molecule has 96 valence electrons. The van der Waals surface area contributed by atoms with Gasteiger partial charge >= 0.3 is 0 Å². The molecule has 0 aliphatic rings. The lowest BCUT2D eigenvalue weighted by Gasteiger charge is -2.14. The minimum absolute atomic E-state index is 0.116. The Balaban J connectivity index is 3.46. The number of carbonyl (C=O) groups is 1. The van der Waals surface area contributed by atoms with Crippen LogP contribution >= 0.6 is 0 Å². The molecule has 16 heavy (non-hydrogen) atoms. The van der Waals surface area contributed by atoms with Gasteiger partial charge in [-0.05, 0) is 32.2 Å². The monoisotopic (exact) mass is 228 g/mol. The second-order valence-corrected chi connectivity index (χ2v) is 4.97. The standard InChI is InChI=1S/C13H28N2O/c1-5-9-14-10-13(16)15-12(4)8-6-7-11(2)3/h11-12,14H,5-10H2,1-4H3,(H,15,16). The van der Waals surface area contributed by atoms with Gasteiger partial charge in [0.25, 0.3) is 0 Å². The van der Waals surface area contributed by atoms with Crippen molar-refractivity contribution >= 4 is 5.91 Å². The van der Waals surface area contributed by atoms with Gasteiger partial charge in [0.2, 0.25) is 5.91 Å². The van der Waals surface area contributed by atoms with Gasteiger partial charge in [0.05, 0.1) is 6.54 Å². The van der Waals surface area contributed by atoms with Crippen molar-refractivity contribution in [3.05, 3.63) is 0 Å². The first-order valence-electron chi connectivity index (χ1n) is 6.56. The second kappa shape index (κ2) is 9.64. The lowest BCUT2D eigenvalue weighted by Crippen LogP contribution is -2.39. The third kappa shape index (κ3) is 9.97. The molecular weight excluding hydrogens is 200 g/mol. The van der Waals surface area contributed by atoms with E-state index in [9.17, 15) is 4.79 Å². The highest BCUT2D eigenvalue weighted by molar-refractivity contribution is 5.78. The lowest BCUT2D eigenvalue weighted by atomic mass is 10.0. The Labute approximate surface area is 100 Å². The maximum absolute atomic E-state index is 11.5. The van der Waals surface area contributed by atoms with Crippen LogP contribution in [0.5, 0.6) is 0 Å². The normalized spacial score (nSPS) is 12.8. The molecule has 1 amide bonds. The zero-order valence-corrected chi connectivity index (χ0v) is 11.3. The smallest absolute Gasteiger partial charge is 0.234 e. The Morgan fingerprint density at radius 3 is 2.44 bits per heavy atom. The van der Waals surface area contributed by atoms with E-state index in [1.807, 2.05) is 0 Å². The largest absolute Gasteiger partial charge is 0.353 e. The van der Waals surface area contributed by atoms with Gasteiger partial charge in [-0.3, -0.25) is 4.79 Å². The van der Waals surface area contributed by atoms with Crippen LogP contribution in [0.4, 0.5) is 0 Å². The Kier molecular flexibility index (Phi) is 9.30. The van der Waals surface area contributed by atoms with E-state index in [4.69, 9.17) is 0 Å². The van der Waals surface area contributed by atoms with Crippen LogP contribution in [-0.2, 0) is 4.79 Å². The van der Waals surface area contributed by atoms with E-state index >= 15 is 0 Å². The van der Waals surface area contributed by atoms with E-state index in [1.165, 1.54) is 12.8 Å². The molecule has 0 aliphatic carbocycles. The highest BCUT2D eigenvalue weighted by atomic mass is 16.1. The average molecular weight is 228 g/mol. The third-order valence-corrected chi connectivity index (χ3v) is 2.54. The van der Waals surface area contributed by atoms with E-state index in [2.05, 4.69) is 38.3 Å². The van der Waals surface area contributed by atoms with E-state index in [-0.39, 0.29) is 5.91 Å². The molecule has 3 heteroatoms. The summed E-state index contributed by atoms with van der Waals surface area (Å²) in [5, 5.41) is 6.11. The fourth-order valence-electron chi connectivity index (χ4n) is 1.61. The van der Waals surface area contributed by atoms with Gasteiger partial charge in [-0.15, -0.1) is 0 Å². The highest BCUT2D eigenvalue weighted by Gasteiger charge is 2.06. The minimum Gasteiger partial charge on any atom is -0.353 e. The van der Waals surface area contributed by atoms with E-state index < -0.39 is 0 Å². The SMILES string of the molecule is CCCNCC(=O)NC(C)CCCC(C)C. The lowest BCUT2D eigenvalue weighted by molar-refractivity contribution is -0.120. The van der Waals surface area contributed by atoms with Crippen molar-refractivity contribution in [2.75, 3.05) is 13.1 Å².